The van der Waals surface area contributed by atoms with Crippen LogP contribution >= 0.6 is 11.6 Å². The summed E-state index contributed by atoms with van der Waals surface area (Å²) in [6.45, 7) is 5.51. The summed E-state index contributed by atoms with van der Waals surface area (Å²) < 4.78 is 47.7. The summed E-state index contributed by atoms with van der Waals surface area (Å²) in [4.78, 5) is 11.2. The normalized spacial score (nSPS) is 13.4. The van der Waals surface area contributed by atoms with E-state index in [0.29, 0.717) is 11.3 Å². The van der Waals surface area contributed by atoms with Gasteiger partial charge in [0.05, 0.1) is 0 Å². The third-order valence-corrected chi connectivity index (χ3v) is 5.15. The molecule has 3 N–H and O–H groups in total. The highest BCUT2D eigenvalue weighted by atomic mass is 35.5. The van der Waals surface area contributed by atoms with E-state index in [1.165, 1.54) is 6.92 Å². The first-order chi connectivity index (χ1) is 14.4. The van der Waals surface area contributed by atoms with Gasteiger partial charge < -0.3 is 20.5 Å². The Morgan fingerprint density at radius 2 is 1.90 bits per heavy atom. The van der Waals surface area contributed by atoms with Crippen molar-refractivity contribution >= 4 is 28.8 Å². The number of methoxy groups -OCH3 is 1. The van der Waals surface area contributed by atoms with Crippen molar-refractivity contribution in [3.63, 3.8) is 0 Å². The van der Waals surface area contributed by atoms with E-state index in [0.717, 1.165) is 30.9 Å². The molecule has 2 rings (SSSR count). The number of hydrogen-bond donors (Lipinski definition) is 3. The number of rotatable bonds is 8. The van der Waals surface area contributed by atoms with Crippen molar-refractivity contribution in [1.29, 1.82) is 0 Å². The number of carbonyl (C=O) groups excluding carboxylic acids is 1. The molecule has 0 spiro atoms. The number of benzene rings is 2. The van der Waals surface area contributed by atoms with E-state index >= 15 is 0 Å². The first-order valence-electron chi connectivity index (χ1n) is 9.28. The number of alkyl halides is 3. The van der Waals surface area contributed by atoms with Gasteiger partial charge in [0.2, 0.25) is 5.91 Å². The molecule has 1 atom stereocenters. The monoisotopic (exact) mass is 456 g/mol. The van der Waals surface area contributed by atoms with Crippen molar-refractivity contribution in [1.82, 2.24) is 5.32 Å². The molecule has 9 heteroatoms. The Bertz CT molecular complexity index is 959. The van der Waals surface area contributed by atoms with Crippen LogP contribution in [0.1, 0.15) is 30.0 Å². The number of anilines is 1. The molecule has 0 heterocycles. The fourth-order valence-corrected chi connectivity index (χ4v) is 3.51. The zero-order valence-corrected chi connectivity index (χ0v) is 18.1. The summed E-state index contributed by atoms with van der Waals surface area (Å²) in [5.41, 5.74) is -1.05. The van der Waals surface area contributed by atoms with E-state index in [1.54, 1.807) is 25.2 Å². The molecule has 1 unspecified atom stereocenters. The second-order valence-corrected chi connectivity index (χ2v) is 7.48. The number of ether oxygens (including phenoxy) is 1. The standard InChI is InChI=1S/C22H24ClF3N2O3/c1-13(15-5-6-16(12-28-14(2)29)20(7-15)27-3)11-21(31-4,22(24,25)26)17-8-18(23)10-19(30)9-17/h5-10,27,30H,1,11-12H2,2-4H3,(H,28,29). The Balaban J connectivity index is 2.46. The van der Waals surface area contributed by atoms with Crippen LogP contribution in [0, 0.1) is 0 Å². The Morgan fingerprint density at radius 3 is 2.42 bits per heavy atom. The Morgan fingerprint density at radius 1 is 1.23 bits per heavy atom. The Kier molecular flexibility index (Phi) is 7.62. The zero-order chi connectivity index (χ0) is 23.4. The van der Waals surface area contributed by atoms with Gasteiger partial charge in [-0.1, -0.05) is 30.3 Å². The van der Waals surface area contributed by atoms with Crippen molar-refractivity contribution in [2.24, 2.45) is 0 Å². The molecular formula is C22H24ClF3N2O3. The molecule has 0 saturated carbocycles. The van der Waals surface area contributed by atoms with Crippen LogP contribution in [0.25, 0.3) is 5.57 Å². The predicted molar refractivity (Wildman–Crippen MR) is 115 cm³/mol. The van der Waals surface area contributed by atoms with Crippen LogP contribution < -0.4 is 10.6 Å². The number of hydrogen-bond acceptors (Lipinski definition) is 4. The fourth-order valence-electron chi connectivity index (χ4n) is 3.28. The van der Waals surface area contributed by atoms with Crippen LogP contribution in [0.15, 0.2) is 43.0 Å². The number of carbonyl (C=O) groups is 1. The second kappa shape index (κ2) is 9.62. The molecule has 0 aliphatic rings. The van der Waals surface area contributed by atoms with Gasteiger partial charge in [-0.05, 0) is 46.5 Å². The third-order valence-electron chi connectivity index (χ3n) is 4.93. The summed E-state index contributed by atoms with van der Waals surface area (Å²) in [6.07, 6.45) is -5.44. The van der Waals surface area contributed by atoms with E-state index in [4.69, 9.17) is 16.3 Å². The van der Waals surface area contributed by atoms with Gasteiger partial charge in [-0.2, -0.15) is 13.2 Å². The third kappa shape index (κ3) is 5.51. The van der Waals surface area contributed by atoms with Crippen LogP contribution in [0.5, 0.6) is 5.75 Å². The van der Waals surface area contributed by atoms with E-state index in [2.05, 4.69) is 17.2 Å². The second-order valence-electron chi connectivity index (χ2n) is 7.04. The summed E-state index contributed by atoms with van der Waals surface area (Å²) in [5.74, 6) is -0.603. The number of nitrogens with one attached hydrogen (secondary N) is 2. The van der Waals surface area contributed by atoms with Crippen LogP contribution in [-0.4, -0.2) is 31.3 Å². The lowest BCUT2D eigenvalue weighted by Crippen LogP contribution is -2.44. The SMILES string of the molecule is C=C(CC(OC)(c1cc(O)cc(Cl)c1)C(F)(F)F)c1ccc(CNC(C)=O)c(NC)c1. The quantitative estimate of drug-likeness (QED) is 0.508. The first kappa shape index (κ1) is 24.6. The van der Waals surface area contributed by atoms with Crippen LogP contribution in [0.4, 0.5) is 18.9 Å². The highest BCUT2D eigenvalue weighted by Gasteiger charge is 2.57. The predicted octanol–water partition coefficient (Wildman–Crippen LogP) is 5.23. The first-order valence-corrected chi connectivity index (χ1v) is 9.66. The van der Waals surface area contributed by atoms with Crippen molar-refractivity contribution in [3.8, 4) is 5.75 Å². The minimum atomic E-state index is -4.82. The van der Waals surface area contributed by atoms with Gasteiger partial charge in [-0.15, -0.1) is 0 Å². The van der Waals surface area contributed by atoms with Crippen LogP contribution in [-0.2, 0) is 21.7 Å². The lowest BCUT2D eigenvalue weighted by molar-refractivity contribution is -0.274. The van der Waals surface area contributed by atoms with E-state index in [-0.39, 0.29) is 28.6 Å². The molecule has 2 aromatic rings. The van der Waals surface area contributed by atoms with Crippen molar-refractivity contribution < 1.29 is 27.8 Å². The maximum Gasteiger partial charge on any atom is 0.422 e. The Hall–Kier alpha value is -2.71. The fraction of sp³-hybridized carbons (Fsp3) is 0.318. The molecule has 168 valence electrons. The highest BCUT2D eigenvalue weighted by molar-refractivity contribution is 6.30. The molecule has 2 aromatic carbocycles. The lowest BCUT2D eigenvalue weighted by atomic mass is 9.84. The van der Waals surface area contributed by atoms with Gasteiger partial charge in [0.15, 0.2) is 5.60 Å². The van der Waals surface area contributed by atoms with Crippen LogP contribution in [0.3, 0.4) is 0 Å². The topological polar surface area (TPSA) is 70.6 Å². The van der Waals surface area contributed by atoms with Gasteiger partial charge in [0.25, 0.3) is 0 Å². The molecule has 0 saturated heterocycles. The minimum absolute atomic E-state index is 0.0499. The molecular weight excluding hydrogens is 433 g/mol. The van der Waals surface area contributed by atoms with E-state index < -0.39 is 23.9 Å². The zero-order valence-electron chi connectivity index (χ0n) is 17.4. The average Bonchev–Trinajstić information content (AvgIpc) is 2.68. The molecule has 31 heavy (non-hydrogen) atoms. The number of phenolic OH excluding ortho intramolecular Hbond substituents is 1. The number of amides is 1. The van der Waals surface area contributed by atoms with Crippen molar-refractivity contribution in [3.05, 3.63) is 64.7 Å². The van der Waals surface area contributed by atoms with Crippen molar-refractivity contribution in [2.45, 2.75) is 31.7 Å². The molecule has 0 radical (unpaired) electrons. The lowest BCUT2D eigenvalue weighted by Gasteiger charge is -2.36. The molecule has 1 amide bonds. The van der Waals surface area contributed by atoms with Gasteiger partial charge >= 0.3 is 6.18 Å². The number of halogens is 4. The summed E-state index contributed by atoms with van der Waals surface area (Å²) in [5, 5.41) is 15.4. The molecule has 0 aliphatic heterocycles. The highest BCUT2D eigenvalue weighted by Crippen LogP contribution is 2.48. The van der Waals surface area contributed by atoms with Gasteiger partial charge in [-0.3, -0.25) is 4.79 Å². The van der Waals surface area contributed by atoms with Gasteiger partial charge in [-0.25, -0.2) is 0 Å². The molecule has 0 aromatic heterocycles. The van der Waals surface area contributed by atoms with Gasteiger partial charge in [0.1, 0.15) is 5.75 Å². The van der Waals surface area contributed by atoms with Crippen molar-refractivity contribution in [2.75, 3.05) is 19.5 Å². The summed E-state index contributed by atoms with van der Waals surface area (Å²) >= 11 is 5.88. The average molecular weight is 457 g/mol. The maximum absolute atomic E-state index is 14.2. The number of phenols is 1. The Labute approximate surface area is 183 Å². The molecule has 0 fully saturated rings. The summed E-state index contributed by atoms with van der Waals surface area (Å²) in [6, 6.07) is 8.23. The molecule has 5 nitrogen and oxygen atoms in total. The molecule has 0 aliphatic carbocycles. The maximum atomic E-state index is 14.2. The van der Waals surface area contributed by atoms with E-state index in [1.807, 2.05) is 0 Å². The largest absolute Gasteiger partial charge is 0.508 e. The molecule has 0 bridgehead atoms. The van der Waals surface area contributed by atoms with Crippen LogP contribution in [0.2, 0.25) is 5.02 Å². The minimum Gasteiger partial charge on any atom is -0.508 e. The van der Waals surface area contributed by atoms with Gasteiger partial charge in [0, 0.05) is 44.8 Å². The smallest absolute Gasteiger partial charge is 0.422 e. The summed E-state index contributed by atoms with van der Waals surface area (Å²) in [7, 11) is 2.62. The number of aromatic hydroxyl groups is 1. The van der Waals surface area contributed by atoms with E-state index in [9.17, 15) is 23.1 Å².